The summed E-state index contributed by atoms with van der Waals surface area (Å²) in [4.78, 5) is 23.8. The molecule has 0 amide bonds. The van der Waals surface area contributed by atoms with Crippen molar-refractivity contribution in [2.75, 3.05) is 36.9 Å². The fraction of sp³-hybridized carbons (Fsp3) is 0.267. The van der Waals surface area contributed by atoms with E-state index < -0.39 is 0 Å². The van der Waals surface area contributed by atoms with Crippen LogP contribution in [-0.4, -0.2) is 51.2 Å². The highest BCUT2D eigenvalue weighted by atomic mass is 35.5. The fourth-order valence-electron chi connectivity index (χ4n) is 2.55. The molecule has 4 heterocycles. The molecule has 0 bridgehead atoms. The van der Waals surface area contributed by atoms with Crippen molar-refractivity contribution in [1.29, 1.82) is 0 Å². The lowest BCUT2D eigenvalue weighted by Crippen LogP contribution is -2.37. The molecule has 24 heavy (non-hydrogen) atoms. The standard InChI is InChI=1S/C15H14ClN7O/c16-11-2-1-10-12(21-11)14(23-3-5-24-6-4-23)22-13(20-10)9-7-18-15(17)19-8-9/h1-2,7-8H,3-6H2,(H2,17,18,19). The van der Waals surface area contributed by atoms with E-state index in [1.807, 2.05) is 6.07 Å². The molecule has 2 N–H and O–H groups in total. The van der Waals surface area contributed by atoms with Gasteiger partial charge in [0.15, 0.2) is 11.6 Å². The van der Waals surface area contributed by atoms with Crippen LogP contribution in [0.5, 0.6) is 0 Å². The Labute approximate surface area is 142 Å². The van der Waals surface area contributed by atoms with Gasteiger partial charge >= 0.3 is 0 Å². The van der Waals surface area contributed by atoms with Gasteiger partial charge in [0, 0.05) is 25.5 Å². The van der Waals surface area contributed by atoms with Gasteiger partial charge in [-0.3, -0.25) is 0 Å². The summed E-state index contributed by atoms with van der Waals surface area (Å²) >= 11 is 6.06. The predicted molar refractivity (Wildman–Crippen MR) is 90.8 cm³/mol. The van der Waals surface area contributed by atoms with Gasteiger partial charge in [-0.15, -0.1) is 0 Å². The zero-order chi connectivity index (χ0) is 16.5. The van der Waals surface area contributed by atoms with E-state index in [9.17, 15) is 0 Å². The van der Waals surface area contributed by atoms with E-state index >= 15 is 0 Å². The summed E-state index contributed by atoms with van der Waals surface area (Å²) in [5, 5.41) is 0.407. The van der Waals surface area contributed by atoms with E-state index in [0.29, 0.717) is 40.8 Å². The lowest BCUT2D eigenvalue weighted by atomic mass is 10.2. The number of morpholine rings is 1. The summed E-state index contributed by atoms with van der Waals surface area (Å²) in [6, 6.07) is 3.54. The molecule has 0 atom stereocenters. The highest BCUT2D eigenvalue weighted by molar-refractivity contribution is 6.29. The molecule has 3 aromatic rings. The zero-order valence-corrected chi connectivity index (χ0v) is 13.4. The molecule has 4 rings (SSSR count). The normalized spacial score (nSPS) is 15.0. The van der Waals surface area contributed by atoms with Crippen LogP contribution in [0.3, 0.4) is 0 Å². The number of fused-ring (bicyclic) bond motifs is 1. The maximum atomic E-state index is 6.06. The van der Waals surface area contributed by atoms with E-state index in [1.54, 1.807) is 18.5 Å². The first-order valence-corrected chi connectivity index (χ1v) is 7.83. The molecular weight excluding hydrogens is 330 g/mol. The van der Waals surface area contributed by atoms with E-state index in [4.69, 9.17) is 22.1 Å². The Morgan fingerprint density at radius 3 is 2.54 bits per heavy atom. The van der Waals surface area contributed by atoms with E-state index in [0.717, 1.165) is 18.9 Å². The van der Waals surface area contributed by atoms with Gasteiger partial charge in [-0.05, 0) is 12.1 Å². The van der Waals surface area contributed by atoms with Crippen LogP contribution in [0, 0.1) is 0 Å². The van der Waals surface area contributed by atoms with Crippen LogP contribution in [0.15, 0.2) is 24.5 Å². The van der Waals surface area contributed by atoms with Crippen LogP contribution >= 0.6 is 11.6 Å². The van der Waals surface area contributed by atoms with Crippen LogP contribution in [0.2, 0.25) is 5.15 Å². The van der Waals surface area contributed by atoms with Gasteiger partial charge < -0.3 is 15.4 Å². The van der Waals surface area contributed by atoms with Crippen LogP contribution in [0.4, 0.5) is 11.8 Å². The predicted octanol–water partition coefficient (Wildman–Crippen LogP) is 1.55. The van der Waals surface area contributed by atoms with Crippen molar-refractivity contribution in [3.8, 4) is 11.4 Å². The van der Waals surface area contributed by atoms with Crippen molar-refractivity contribution < 1.29 is 4.74 Å². The van der Waals surface area contributed by atoms with Crippen molar-refractivity contribution in [2.24, 2.45) is 0 Å². The number of hydrogen-bond acceptors (Lipinski definition) is 8. The smallest absolute Gasteiger partial charge is 0.219 e. The molecule has 0 aliphatic carbocycles. The lowest BCUT2D eigenvalue weighted by molar-refractivity contribution is 0.122. The molecule has 9 heteroatoms. The number of aromatic nitrogens is 5. The van der Waals surface area contributed by atoms with Crippen LogP contribution in [0.25, 0.3) is 22.4 Å². The number of anilines is 2. The number of nitrogens with zero attached hydrogens (tertiary/aromatic N) is 6. The molecule has 1 fully saturated rings. The van der Waals surface area contributed by atoms with Gasteiger partial charge in [-0.2, -0.15) is 0 Å². The molecule has 1 saturated heterocycles. The summed E-state index contributed by atoms with van der Waals surface area (Å²) in [6.07, 6.45) is 3.21. The monoisotopic (exact) mass is 343 g/mol. The van der Waals surface area contributed by atoms with Gasteiger partial charge in [-0.25, -0.2) is 24.9 Å². The molecule has 1 aliphatic heterocycles. The van der Waals surface area contributed by atoms with Crippen molar-refractivity contribution in [3.05, 3.63) is 29.7 Å². The number of ether oxygens (including phenoxy) is 1. The maximum Gasteiger partial charge on any atom is 0.219 e. The number of halogens is 1. The molecule has 3 aromatic heterocycles. The summed E-state index contributed by atoms with van der Waals surface area (Å²) < 4.78 is 5.42. The Hall–Kier alpha value is -2.58. The summed E-state index contributed by atoms with van der Waals surface area (Å²) in [5.74, 6) is 1.46. The average molecular weight is 344 g/mol. The summed E-state index contributed by atoms with van der Waals surface area (Å²) in [7, 11) is 0. The Kier molecular flexibility index (Phi) is 3.83. The van der Waals surface area contributed by atoms with Gasteiger partial charge in [-0.1, -0.05) is 11.6 Å². The zero-order valence-electron chi connectivity index (χ0n) is 12.7. The molecule has 0 radical (unpaired) electrons. The van der Waals surface area contributed by atoms with Crippen molar-refractivity contribution in [3.63, 3.8) is 0 Å². The van der Waals surface area contributed by atoms with Crippen molar-refractivity contribution in [1.82, 2.24) is 24.9 Å². The average Bonchev–Trinajstić information content (AvgIpc) is 2.62. The second kappa shape index (κ2) is 6.14. The van der Waals surface area contributed by atoms with E-state index in [2.05, 4.69) is 29.8 Å². The molecular formula is C15H14ClN7O. The minimum atomic E-state index is 0.210. The number of nitrogens with two attached hydrogens (primary N) is 1. The Morgan fingerprint density at radius 2 is 1.79 bits per heavy atom. The largest absolute Gasteiger partial charge is 0.378 e. The minimum Gasteiger partial charge on any atom is -0.378 e. The first-order valence-electron chi connectivity index (χ1n) is 7.45. The Balaban J connectivity index is 1.89. The van der Waals surface area contributed by atoms with Crippen LogP contribution < -0.4 is 10.6 Å². The van der Waals surface area contributed by atoms with Gasteiger partial charge in [0.25, 0.3) is 0 Å². The van der Waals surface area contributed by atoms with E-state index in [-0.39, 0.29) is 5.95 Å². The molecule has 0 saturated carbocycles. The molecule has 0 spiro atoms. The number of hydrogen-bond donors (Lipinski definition) is 1. The van der Waals surface area contributed by atoms with Crippen LogP contribution in [-0.2, 0) is 4.74 Å². The first kappa shape index (κ1) is 15.0. The molecule has 8 nitrogen and oxygen atoms in total. The topological polar surface area (TPSA) is 103 Å². The van der Waals surface area contributed by atoms with Crippen molar-refractivity contribution >= 4 is 34.4 Å². The first-order chi connectivity index (χ1) is 11.7. The van der Waals surface area contributed by atoms with Gasteiger partial charge in [0.05, 0.1) is 24.3 Å². The van der Waals surface area contributed by atoms with Crippen LogP contribution in [0.1, 0.15) is 0 Å². The quantitative estimate of drug-likeness (QED) is 0.699. The minimum absolute atomic E-state index is 0.210. The molecule has 122 valence electrons. The highest BCUT2D eigenvalue weighted by Crippen LogP contribution is 2.27. The highest BCUT2D eigenvalue weighted by Gasteiger charge is 2.19. The van der Waals surface area contributed by atoms with Gasteiger partial charge in [0.1, 0.15) is 10.7 Å². The Morgan fingerprint density at radius 1 is 1.04 bits per heavy atom. The number of pyridine rings is 1. The van der Waals surface area contributed by atoms with E-state index in [1.165, 1.54) is 0 Å². The third-order valence-electron chi connectivity index (χ3n) is 3.73. The van der Waals surface area contributed by atoms with Gasteiger partial charge in [0.2, 0.25) is 5.95 Å². The third-order valence-corrected chi connectivity index (χ3v) is 3.94. The summed E-state index contributed by atoms with van der Waals surface area (Å²) in [5.41, 5.74) is 7.62. The fourth-order valence-corrected chi connectivity index (χ4v) is 2.70. The molecule has 0 unspecified atom stereocenters. The molecule has 0 aromatic carbocycles. The SMILES string of the molecule is Nc1ncc(-c2nc(N3CCOCC3)c3nc(Cl)ccc3n2)cn1. The second-order valence-electron chi connectivity index (χ2n) is 5.30. The number of rotatable bonds is 2. The third kappa shape index (κ3) is 2.81. The number of nitrogen functional groups attached to an aromatic ring is 1. The maximum absolute atomic E-state index is 6.06. The summed E-state index contributed by atoms with van der Waals surface area (Å²) in [6.45, 7) is 2.76. The van der Waals surface area contributed by atoms with Crippen molar-refractivity contribution in [2.45, 2.75) is 0 Å². The lowest BCUT2D eigenvalue weighted by Gasteiger charge is -2.28. The Bertz CT molecular complexity index is 881. The molecule has 1 aliphatic rings. The second-order valence-corrected chi connectivity index (χ2v) is 5.69.